The number of nitrogens with zero attached hydrogens (tertiary/aromatic N) is 2. The van der Waals surface area contributed by atoms with Gasteiger partial charge in [-0.3, -0.25) is 4.90 Å². The predicted molar refractivity (Wildman–Crippen MR) is 82.3 cm³/mol. The summed E-state index contributed by atoms with van der Waals surface area (Å²) in [5, 5.41) is 1.14. The number of piperidine rings is 1. The van der Waals surface area contributed by atoms with Gasteiger partial charge >= 0.3 is 0 Å². The van der Waals surface area contributed by atoms with Gasteiger partial charge in [-0.05, 0) is 45.0 Å². The Morgan fingerprint density at radius 3 is 2.80 bits per heavy atom. The molecule has 106 valence electrons. The Balaban J connectivity index is 1.66. The van der Waals surface area contributed by atoms with Crippen LogP contribution in [0.15, 0.2) is 30.3 Å². The number of aryl methyl sites for hydroxylation is 1. The molecule has 0 bridgehead atoms. The molecule has 0 N–H and O–H groups in total. The minimum atomic E-state index is 0.745. The van der Waals surface area contributed by atoms with Crippen molar-refractivity contribution in [1.29, 1.82) is 0 Å². The van der Waals surface area contributed by atoms with Crippen molar-refractivity contribution >= 4 is 10.9 Å². The molecule has 3 nitrogen and oxygen atoms in total. The third-order valence-corrected chi connectivity index (χ3v) is 3.94. The number of hydrogen-bond acceptors (Lipinski definition) is 3. The van der Waals surface area contributed by atoms with Crippen molar-refractivity contribution in [3.05, 3.63) is 36.0 Å². The molecule has 1 fully saturated rings. The van der Waals surface area contributed by atoms with Crippen LogP contribution in [0.25, 0.3) is 10.9 Å². The maximum absolute atomic E-state index is 5.97. The van der Waals surface area contributed by atoms with Crippen molar-refractivity contribution in [3.8, 4) is 5.75 Å². The summed E-state index contributed by atoms with van der Waals surface area (Å²) in [6.45, 7) is 6.22. The van der Waals surface area contributed by atoms with Crippen molar-refractivity contribution in [2.24, 2.45) is 0 Å². The number of aromatic nitrogens is 1. The summed E-state index contributed by atoms with van der Waals surface area (Å²) >= 11 is 0. The van der Waals surface area contributed by atoms with Crippen LogP contribution in [0.4, 0.5) is 0 Å². The molecular formula is C17H22N2O. The maximum Gasteiger partial charge on any atom is 0.145 e. The first-order valence-corrected chi connectivity index (χ1v) is 7.54. The standard InChI is InChI=1S/C17H22N2O/c1-14-8-9-15-6-5-7-16(17(15)18-14)20-13-12-19-10-3-2-4-11-19/h5-9H,2-4,10-13H2,1H3. The van der Waals surface area contributed by atoms with E-state index >= 15 is 0 Å². The van der Waals surface area contributed by atoms with Crippen molar-refractivity contribution in [2.75, 3.05) is 26.2 Å². The van der Waals surface area contributed by atoms with Crippen LogP contribution in [-0.2, 0) is 0 Å². The number of para-hydroxylation sites is 1. The number of ether oxygens (including phenoxy) is 1. The first-order valence-electron chi connectivity index (χ1n) is 7.54. The van der Waals surface area contributed by atoms with E-state index in [9.17, 15) is 0 Å². The van der Waals surface area contributed by atoms with Crippen LogP contribution in [-0.4, -0.2) is 36.1 Å². The highest BCUT2D eigenvalue weighted by molar-refractivity contribution is 5.84. The van der Waals surface area contributed by atoms with Gasteiger partial charge in [-0.1, -0.05) is 24.6 Å². The van der Waals surface area contributed by atoms with Crippen LogP contribution in [0.1, 0.15) is 25.0 Å². The molecule has 1 aliphatic rings. The zero-order valence-electron chi connectivity index (χ0n) is 12.1. The van der Waals surface area contributed by atoms with E-state index in [-0.39, 0.29) is 0 Å². The molecule has 2 aromatic rings. The summed E-state index contributed by atoms with van der Waals surface area (Å²) in [5.41, 5.74) is 2.01. The van der Waals surface area contributed by atoms with Gasteiger partial charge in [0.2, 0.25) is 0 Å². The third kappa shape index (κ3) is 3.10. The fourth-order valence-electron chi connectivity index (χ4n) is 2.80. The second-order valence-corrected chi connectivity index (χ2v) is 5.53. The predicted octanol–water partition coefficient (Wildman–Crippen LogP) is 3.41. The maximum atomic E-state index is 5.97. The molecule has 1 aliphatic heterocycles. The zero-order valence-corrected chi connectivity index (χ0v) is 12.1. The molecule has 3 heteroatoms. The Bertz CT molecular complexity index is 576. The van der Waals surface area contributed by atoms with E-state index < -0.39 is 0 Å². The third-order valence-electron chi connectivity index (χ3n) is 3.94. The number of likely N-dealkylation sites (tertiary alicyclic amines) is 1. The van der Waals surface area contributed by atoms with E-state index in [1.54, 1.807) is 0 Å². The minimum Gasteiger partial charge on any atom is -0.490 e. The van der Waals surface area contributed by atoms with Gasteiger partial charge in [0.1, 0.15) is 17.9 Å². The molecule has 0 aliphatic carbocycles. The van der Waals surface area contributed by atoms with Gasteiger partial charge in [0.05, 0.1) is 0 Å². The fourth-order valence-corrected chi connectivity index (χ4v) is 2.80. The Morgan fingerprint density at radius 1 is 1.10 bits per heavy atom. The van der Waals surface area contributed by atoms with Crippen molar-refractivity contribution < 1.29 is 4.74 Å². The van der Waals surface area contributed by atoms with E-state index in [0.29, 0.717) is 0 Å². The topological polar surface area (TPSA) is 25.4 Å². The van der Waals surface area contributed by atoms with Crippen molar-refractivity contribution in [2.45, 2.75) is 26.2 Å². The number of fused-ring (bicyclic) bond motifs is 1. The molecule has 0 unspecified atom stereocenters. The highest BCUT2D eigenvalue weighted by Crippen LogP contribution is 2.23. The highest BCUT2D eigenvalue weighted by Gasteiger charge is 2.10. The molecule has 0 atom stereocenters. The number of rotatable bonds is 4. The van der Waals surface area contributed by atoms with Gasteiger partial charge in [0.15, 0.2) is 0 Å². The molecule has 1 aromatic heterocycles. The minimum absolute atomic E-state index is 0.745. The Labute approximate surface area is 120 Å². The molecule has 2 heterocycles. The fraction of sp³-hybridized carbons (Fsp3) is 0.471. The Kier molecular flexibility index (Phi) is 4.16. The van der Waals surface area contributed by atoms with Crippen LogP contribution in [0.2, 0.25) is 0 Å². The van der Waals surface area contributed by atoms with Crippen LogP contribution in [0, 0.1) is 6.92 Å². The van der Waals surface area contributed by atoms with Gasteiger partial charge in [-0.2, -0.15) is 0 Å². The molecule has 20 heavy (non-hydrogen) atoms. The molecule has 1 aromatic carbocycles. The summed E-state index contributed by atoms with van der Waals surface area (Å²) in [5.74, 6) is 0.906. The molecule has 0 amide bonds. The second kappa shape index (κ2) is 6.23. The molecule has 3 rings (SSSR count). The van der Waals surface area contributed by atoms with Gasteiger partial charge in [0, 0.05) is 17.6 Å². The second-order valence-electron chi connectivity index (χ2n) is 5.53. The van der Waals surface area contributed by atoms with Crippen LogP contribution < -0.4 is 4.74 Å². The summed E-state index contributed by atoms with van der Waals surface area (Å²) in [6.07, 6.45) is 4.04. The van der Waals surface area contributed by atoms with Crippen molar-refractivity contribution in [1.82, 2.24) is 9.88 Å². The Hall–Kier alpha value is -1.61. The lowest BCUT2D eigenvalue weighted by Gasteiger charge is -2.26. The molecular weight excluding hydrogens is 248 g/mol. The quantitative estimate of drug-likeness (QED) is 0.851. The van der Waals surface area contributed by atoms with Gasteiger partial charge in [0.25, 0.3) is 0 Å². The van der Waals surface area contributed by atoms with Crippen LogP contribution in [0.3, 0.4) is 0 Å². The summed E-state index contributed by atoms with van der Waals surface area (Å²) < 4.78 is 5.97. The Morgan fingerprint density at radius 2 is 1.95 bits per heavy atom. The van der Waals surface area contributed by atoms with Gasteiger partial charge < -0.3 is 4.74 Å². The average Bonchev–Trinajstić information content (AvgIpc) is 2.49. The average molecular weight is 270 g/mol. The van der Waals surface area contributed by atoms with E-state index in [2.05, 4.69) is 22.0 Å². The number of hydrogen-bond donors (Lipinski definition) is 0. The molecule has 1 saturated heterocycles. The molecule has 0 spiro atoms. The van der Waals surface area contributed by atoms with Gasteiger partial charge in [-0.25, -0.2) is 4.98 Å². The smallest absolute Gasteiger partial charge is 0.145 e. The summed E-state index contributed by atoms with van der Waals surface area (Å²) in [6, 6.07) is 10.3. The zero-order chi connectivity index (χ0) is 13.8. The monoisotopic (exact) mass is 270 g/mol. The molecule has 0 saturated carbocycles. The normalized spacial score (nSPS) is 16.4. The lowest BCUT2D eigenvalue weighted by Crippen LogP contribution is -2.33. The lowest BCUT2D eigenvalue weighted by molar-refractivity contribution is 0.184. The van der Waals surface area contributed by atoms with E-state index in [0.717, 1.165) is 35.5 Å². The van der Waals surface area contributed by atoms with E-state index in [1.807, 2.05) is 25.1 Å². The van der Waals surface area contributed by atoms with Crippen LogP contribution in [0.5, 0.6) is 5.75 Å². The van der Waals surface area contributed by atoms with Crippen LogP contribution >= 0.6 is 0 Å². The lowest BCUT2D eigenvalue weighted by atomic mass is 10.1. The highest BCUT2D eigenvalue weighted by atomic mass is 16.5. The van der Waals surface area contributed by atoms with E-state index in [1.165, 1.54) is 32.4 Å². The van der Waals surface area contributed by atoms with Crippen molar-refractivity contribution in [3.63, 3.8) is 0 Å². The summed E-state index contributed by atoms with van der Waals surface area (Å²) in [4.78, 5) is 7.10. The first-order chi connectivity index (χ1) is 9.83. The first kappa shape index (κ1) is 13.4. The van der Waals surface area contributed by atoms with E-state index in [4.69, 9.17) is 4.74 Å². The number of benzene rings is 1. The molecule has 0 radical (unpaired) electrons. The van der Waals surface area contributed by atoms with Gasteiger partial charge in [-0.15, -0.1) is 0 Å². The number of pyridine rings is 1. The summed E-state index contributed by atoms with van der Waals surface area (Å²) in [7, 11) is 0. The SMILES string of the molecule is Cc1ccc2cccc(OCCN3CCCCC3)c2n1. The largest absolute Gasteiger partial charge is 0.490 e.